The van der Waals surface area contributed by atoms with Gasteiger partial charge < -0.3 is 0 Å². The van der Waals surface area contributed by atoms with Crippen LogP contribution < -0.4 is 0 Å². The second kappa shape index (κ2) is 26.6. The average Bonchev–Trinajstić information content (AvgIpc) is 2.73. The molecule has 0 heterocycles. The van der Waals surface area contributed by atoms with Crippen LogP contribution in [-0.2, 0) is 0 Å². The van der Waals surface area contributed by atoms with Gasteiger partial charge in [0.25, 0.3) is 14.1 Å². The van der Waals surface area contributed by atoms with E-state index in [9.17, 15) is 0 Å². The van der Waals surface area contributed by atoms with Crippen LogP contribution >= 0.6 is 0 Å². The second-order valence-corrected chi connectivity index (χ2v) is 13.4. The van der Waals surface area contributed by atoms with Crippen LogP contribution in [0.4, 0.5) is 0 Å². The highest BCUT2D eigenvalue weighted by molar-refractivity contribution is 6.58. The fourth-order valence-electron chi connectivity index (χ4n) is 4.78. The van der Waals surface area contributed by atoms with E-state index in [1.165, 1.54) is 122 Å². The Bertz CT molecular complexity index is 257. The van der Waals surface area contributed by atoms with E-state index in [1.54, 1.807) is 35.1 Å². The molecule has 0 rings (SSSR count). The molecule has 0 aromatic heterocycles. The van der Waals surface area contributed by atoms with Crippen LogP contribution in [0, 0.1) is 0 Å². The maximum absolute atomic E-state index is 2.32. The standard InChI is InChI=1S/C10H21.2C9H19.Al/c1-3-5-7-9-10-8-6-4-2;2*1-3-5-7-9-8-6-4-2;/h1,3-10H2,2H3;2*1,3-9H2,2H3;. The van der Waals surface area contributed by atoms with Crippen molar-refractivity contribution < 1.29 is 0 Å². The van der Waals surface area contributed by atoms with Gasteiger partial charge in [-0.25, -0.2) is 0 Å². The van der Waals surface area contributed by atoms with Gasteiger partial charge >= 0.3 is 0 Å². The largest absolute Gasteiger partial charge is 0.261 e. The molecule has 0 nitrogen and oxygen atoms in total. The highest BCUT2D eigenvalue weighted by atomic mass is 27.2. The van der Waals surface area contributed by atoms with Crippen molar-refractivity contribution >= 4 is 14.1 Å². The molecule has 0 aromatic rings. The van der Waals surface area contributed by atoms with E-state index in [0.717, 1.165) is 0 Å². The Morgan fingerprint density at radius 2 is 0.483 bits per heavy atom. The summed E-state index contributed by atoms with van der Waals surface area (Å²) >= 11 is -0.433. The van der Waals surface area contributed by atoms with E-state index in [-0.39, 0.29) is 0 Å². The molecule has 0 unspecified atom stereocenters. The third-order valence-electron chi connectivity index (χ3n) is 6.90. The molecular weight excluding hydrogens is 363 g/mol. The summed E-state index contributed by atoms with van der Waals surface area (Å²) in [5, 5.41) is 5.00. The predicted octanol–water partition coefficient (Wildman–Crippen LogP) is 11.1. The average molecular weight is 423 g/mol. The second-order valence-electron chi connectivity index (χ2n) is 9.95. The van der Waals surface area contributed by atoms with Gasteiger partial charge in [-0.1, -0.05) is 178 Å². The lowest BCUT2D eigenvalue weighted by Gasteiger charge is -2.12. The van der Waals surface area contributed by atoms with Crippen LogP contribution in [0.2, 0.25) is 15.8 Å². The zero-order valence-electron chi connectivity index (χ0n) is 21.3. The summed E-state index contributed by atoms with van der Waals surface area (Å²) in [6.07, 6.45) is 32.7. The minimum atomic E-state index is -0.433. The lowest BCUT2D eigenvalue weighted by atomic mass is 10.1. The van der Waals surface area contributed by atoms with E-state index < -0.39 is 14.1 Å². The molecule has 0 spiro atoms. The number of rotatable bonds is 25. The van der Waals surface area contributed by atoms with Gasteiger partial charge in [0.05, 0.1) is 0 Å². The van der Waals surface area contributed by atoms with E-state index in [4.69, 9.17) is 0 Å². The van der Waals surface area contributed by atoms with Crippen LogP contribution in [0.3, 0.4) is 0 Å². The molecular formula is C28H59Al. The number of hydrogen-bond donors (Lipinski definition) is 0. The molecule has 1 heteroatoms. The smallest absolute Gasteiger partial charge is 0.0939 e. The summed E-state index contributed by atoms with van der Waals surface area (Å²) in [5.41, 5.74) is 0. The van der Waals surface area contributed by atoms with Gasteiger partial charge in [-0.2, -0.15) is 0 Å². The lowest BCUT2D eigenvalue weighted by Crippen LogP contribution is -2.12. The fraction of sp³-hybridized carbons (Fsp3) is 1.00. The van der Waals surface area contributed by atoms with Crippen LogP contribution in [0.15, 0.2) is 0 Å². The summed E-state index contributed by atoms with van der Waals surface area (Å²) in [5.74, 6) is 0. The monoisotopic (exact) mass is 422 g/mol. The Labute approximate surface area is 191 Å². The van der Waals surface area contributed by atoms with Crippen molar-refractivity contribution in [1.82, 2.24) is 0 Å². The first-order valence-corrected chi connectivity index (χ1v) is 16.8. The predicted molar refractivity (Wildman–Crippen MR) is 139 cm³/mol. The molecule has 174 valence electrons. The molecule has 0 aromatic carbocycles. The van der Waals surface area contributed by atoms with Gasteiger partial charge in [-0.3, -0.25) is 0 Å². The van der Waals surface area contributed by atoms with Crippen molar-refractivity contribution in [3.63, 3.8) is 0 Å². The van der Waals surface area contributed by atoms with Crippen molar-refractivity contribution in [3.8, 4) is 0 Å². The third-order valence-corrected chi connectivity index (χ3v) is 10.6. The number of hydrogen-bond acceptors (Lipinski definition) is 0. The van der Waals surface area contributed by atoms with E-state index in [1.807, 2.05) is 0 Å². The minimum absolute atomic E-state index is 0.433. The molecule has 0 N–H and O–H groups in total. The Kier molecular flexibility index (Phi) is 27.1. The fourth-order valence-corrected chi connectivity index (χ4v) is 8.24. The van der Waals surface area contributed by atoms with Gasteiger partial charge in [-0.15, -0.1) is 0 Å². The molecule has 0 aliphatic heterocycles. The van der Waals surface area contributed by atoms with Gasteiger partial charge in [-0.05, 0) is 0 Å². The summed E-state index contributed by atoms with van der Waals surface area (Å²) in [6.45, 7) is 6.97. The molecule has 0 aliphatic rings. The summed E-state index contributed by atoms with van der Waals surface area (Å²) in [7, 11) is 0. The Balaban J connectivity index is 3.80. The highest BCUT2D eigenvalue weighted by Crippen LogP contribution is 2.20. The van der Waals surface area contributed by atoms with E-state index in [2.05, 4.69) is 20.8 Å². The molecule has 0 radical (unpaired) electrons. The zero-order valence-corrected chi connectivity index (χ0v) is 22.4. The van der Waals surface area contributed by atoms with Crippen LogP contribution in [0.1, 0.15) is 162 Å². The van der Waals surface area contributed by atoms with Crippen molar-refractivity contribution in [1.29, 1.82) is 0 Å². The quantitative estimate of drug-likeness (QED) is 0.101. The van der Waals surface area contributed by atoms with Gasteiger partial charge in [0.2, 0.25) is 0 Å². The summed E-state index contributed by atoms with van der Waals surface area (Å²) in [4.78, 5) is 0. The van der Waals surface area contributed by atoms with Gasteiger partial charge in [0.15, 0.2) is 0 Å². The third kappa shape index (κ3) is 24.7. The Morgan fingerprint density at radius 3 is 0.724 bits per heavy atom. The van der Waals surface area contributed by atoms with Crippen LogP contribution in [-0.4, -0.2) is 14.1 Å². The molecule has 0 aliphatic carbocycles. The first-order chi connectivity index (χ1) is 14.3. The van der Waals surface area contributed by atoms with Crippen molar-refractivity contribution in [3.05, 3.63) is 0 Å². The highest BCUT2D eigenvalue weighted by Gasteiger charge is 2.15. The molecule has 0 amide bonds. The SMILES string of the molecule is CCCCCCCCC[CH2][Al]([CH2]CCCCCCCC)[CH2]CCCCCCCC. The molecule has 0 atom stereocenters. The first kappa shape index (κ1) is 29.5. The Morgan fingerprint density at radius 1 is 0.276 bits per heavy atom. The number of unbranched alkanes of at least 4 members (excludes halogenated alkanes) is 19. The zero-order chi connectivity index (χ0) is 21.3. The van der Waals surface area contributed by atoms with Crippen molar-refractivity contribution in [2.75, 3.05) is 0 Å². The van der Waals surface area contributed by atoms with E-state index in [0.29, 0.717) is 0 Å². The van der Waals surface area contributed by atoms with Gasteiger partial charge in [0, 0.05) is 0 Å². The lowest BCUT2D eigenvalue weighted by molar-refractivity contribution is 0.582. The maximum atomic E-state index is 2.32. The van der Waals surface area contributed by atoms with Crippen molar-refractivity contribution in [2.24, 2.45) is 0 Å². The molecule has 29 heavy (non-hydrogen) atoms. The molecule has 0 bridgehead atoms. The topological polar surface area (TPSA) is 0 Å². The summed E-state index contributed by atoms with van der Waals surface area (Å²) in [6, 6.07) is 0. The van der Waals surface area contributed by atoms with E-state index >= 15 is 0 Å². The molecule has 0 saturated carbocycles. The van der Waals surface area contributed by atoms with Crippen molar-refractivity contribution in [2.45, 2.75) is 178 Å². The maximum Gasteiger partial charge on any atom is 0.261 e. The van der Waals surface area contributed by atoms with Crippen LogP contribution in [0.5, 0.6) is 0 Å². The van der Waals surface area contributed by atoms with Crippen LogP contribution in [0.25, 0.3) is 0 Å². The molecule has 0 saturated heterocycles. The molecule has 0 fully saturated rings. The Hall–Kier alpha value is 0.532. The minimum Gasteiger partial charge on any atom is -0.0939 e. The normalized spacial score (nSPS) is 11.3. The van der Waals surface area contributed by atoms with Gasteiger partial charge in [0.1, 0.15) is 0 Å². The summed E-state index contributed by atoms with van der Waals surface area (Å²) < 4.78 is 0. The first-order valence-electron chi connectivity index (χ1n) is 14.3.